The minimum atomic E-state index is -0.933. The van der Waals surface area contributed by atoms with E-state index in [0.29, 0.717) is 22.0 Å². The number of para-hydroxylation sites is 1. The second kappa shape index (κ2) is 9.50. The maximum atomic E-state index is 13.6. The number of aromatic nitrogens is 1. The number of ketones is 1. The number of aliphatic hydroxyl groups is 1. The van der Waals surface area contributed by atoms with Crippen molar-refractivity contribution in [1.82, 2.24) is 4.57 Å². The van der Waals surface area contributed by atoms with E-state index >= 15 is 0 Å². The molecule has 2 heterocycles. The highest BCUT2D eigenvalue weighted by Crippen LogP contribution is 2.46. The summed E-state index contributed by atoms with van der Waals surface area (Å²) in [6.07, 6.45) is 1.86. The number of aliphatic hydroxyl groups excluding tert-OH is 1. The Morgan fingerprint density at radius 1 is 0.946 bits per heavy atom. The molecule has 1 aliphatic rings. The van der Waals surface area contributed by atoms with Gasteiger partial charge in [-0.15, -0.1) is 0 Å². The third-order valence-corrected chi connectivity index (χ3v) is 7.05. The molecular weight excluding hydrogens is 515 g/mol. The second-order valence-corrected chi connectivity index (χ2v) is 9.39. The normalized spacial score (nSPS) is 17.0. The maximum absolute atomic E-state index is 13.6. The number of Topliss-reactive ketones (excluding diaryl/α,β-unsaturated/α-hetero) is 1. The predicted octanol–water partition coefficient (Wildman–Crippen LogP) is 6.13. The van der Waals surface area contributed by atoms with Crippen LogP contribution in [0.3, 0.4) is 0 Å². The van der Waals surface area contributed by atoms with Crippen molar-refractivity contribution in [2.24, 2.45) is 7.05 Å². The van der Waals surface area contributed by atoms with Crippen LogP contribution in [-0.2, 0) is 16.6 Å². The van der Waals surface area contributed by atoms with Gasteiger partial charge in [-0.05, 0) is 36.4 Å². The molecule has 188 valence electrons. The molecule has 0 spiro atoms. The average Bonchev–Trinajstić information content (AvgIpc) is 3.37. The SMILES string of the molecule is COc1cc(OC)c(/C(O)=C2\C(=O)C(=O)N(c3ccc(Cl)cc3)C2c2cn(C)c3ccccc23)cc1Cl. The van der Waals surface area contributed by atoms with Gasteiger partial charge in [0, 0.05) is 46.5 Å². The van der Waals surface area contributed by atoms with Gasteiger partial charge in [-0.25, -0.2) is 0 Å². The van der Waals surface area contributed by atoms with Crippen LogP contribution in [0.25, 0.3) is 16.7 Å². The largest absolute Gasteiger partial charge is 0.507 e. The number of carbonyl (C=O) groups is 2. The molecule has 5 rings (SSSR count). The van der Waals surface area contributed by atoms with Crippen LogP contribution in [0, 0.1) is 0 Å². The summed E-state index contributed by atoms with van der Waals surface area (Å²) in [7, 11) is 4.76. The number of benzene rings is 3. The summed E-state index contributed by atoms with van der Waals surface area (Å²) >= 11 is 12.4. The zero-order chi connectivity index (χ0) is 26.4. The molecule has 9 heteroatoms. The Kier molecular flexibility index (Phi) is 6.35. The van der Waals surface area contributed by atoms with Gasteiger partial charge >= 0.3 is 0 Å². The zero-order valence-corrected chi connectivity index (χ0v) is 21.7. The zero-order valence-electron chi connectivity index (χ0n) is 20.2. The number of amides is 1. The number of methoxy groups -OCH3 is 2. The molecule has 0 saturated carbocycles. The van der Waals surface area contributed by atoms with E-state index in [1.807, 2.05) is 42.1 Å². The number of aryl methyl sites for hydroxylation is 1. The summed E-state index contributed by atoms with van der Waals surface area (Å²) < 4.78 is 12.6. The topological polar surface area (TPSA) is 81.0 Å². The quantitative estimate of drug-likeness (QED) is 0.188. The molecular formula is C28H22Cl2N2O5. The highest BCUT2D eigenvalue weighted by molar-refractivity contribution is 6.52. The molecule has 37 heavy (non-hydrogen) atoms. The monoisotopic (exact) mass is 536 g/mol. The first kappa shape index (κ1) is 24.7. The number of halogens is 2. The van der Waals surface area contributed by atoms with Gasteiger partial charge in [0.05, 0.1) is 36.4 Å². The lowest BCUT2D eigenvalue weighted by molar-refractivity contribution is -0.132. The Balaban J connectivity index is 1.82. The van der Waals surface area contributed by atoms with Crippen LogP contribution in [0.5, 0.6) is 11.5 Å². The number of fused-ring (bicyclic) bond motifs is 1. The molecule has 7 nitrogen and oxygen atoms in total. The number of nitrogens with zero attached hydrogens (tertiary/aromatic N) is 2. The van der Waals surface area contributed by atoms with Crippen molar-refractivity contribution in [3.63, 3.8) is 0 Å². The van der Waals surface area contributed by atoms with Crippen molar-refractivity contribution in [2.75, 3.05) is 19.1 Å². The summed E-state index contributed by atoms with van der Waals surface area (Å²) in [5.74, 6) is -1.45. The average molecular weight is 537 g/mol. The predicted molar refractivity (Wildman–Crippen MR) is 144 cm³/mol. The number of anilines is 1. The molecule has 1 fully saturated rings. The molecule has 0 radical (unpaired) electrons. The summed E-state index contributed by atoms with van der Waals surface area (Å²) in [5.41, 5.74) is 2.11. The van der Waals surface area contributed by atoms with Crippen molar-refractivity contribution >= 4 is 57.2 Å². The Morgan fingerprint density at radius 2 is 1.62 bits per heavy atom. The summed E-state index contributed by atoms with van der Waals surface area (Å²) in [6, 6.07) is 16.3. The van der Waals surface area contributed by atoms with Crippen LogP contribution >= 0.6 is 23.2 Å². The van der Waals surface area contributed by atoms with Gasteiger partial charge in [-0.3, -0.25) is 14.5 Å². The molecule has 1 aromatic heterocycles. The van der Waals surface area contributed by atoms with E-state index in [1.165, 1.54) is 31.3 Å². The lowest BCUT2D eigenvalue weighted by atomic mass is 9.94. The van der Waals surface area contributed by atoms with Crippen LogP contribution in [-0.4, -0.2) is 35.6 Å². The van der Waals surface area contributed by atoms with Crippen LogP contribution < -0.4 is 14.4 Å². The maximum Gasteiger partial charge on any atom is 0.300 e. The number of rotatable bonds is 5. The lowest BCUT2D eigenvalue weighted by Gasteiger charge is -2.25. The summed E-state index contributed by atoms with van der Waals surface area (Å²) in [5, 5.41) is 13.1. The molecule has 1 N–H and O–H groups in total. The van der Waals surface area contributed by atoms with Gasteiger partial charge in [0.2, 0.25) is 0 Å². The van der Waals surface area contributed by atoms with Gasteiger partial charge in [0.15, 0.2) is 0 Å². The molecule has 1 unspecified atom stereocenters. The van der Waals surface area contributed by atoms with Gasteiger partial charge < -0.3 is 19.1 Å². The van der Waals surface area contributed by atoms with Crippen molar-refractivity contribution < 1.29 is 24.2 Å². The third kappa shape index (κ3) is 4.00. The summed E-state index contributed by atoms with van der Waals surface area (Å²) in [4.78, 5) is 28.4. The van der Waals surface area contributed by atoms with Crippen molar-refractivity contribution in [1.29, 1.82) is 0 Å². The van der Waals surface area contributed by atoms with E-state index in [-0.39, 0.29) is 21.9 Å². The molecule has 3 aromatic carbocycles. The number of hydrogen-bond donors (Lipinski definition) is 1. The minimum Gasteiger partial charge on any atom is -0.507 e. The Labute approximate surface area is 223 Å². The van der Waals surface area contributed by atoms with Crippen LogP contribution in [0.2, 0.25) is 10.0 Å². The molecule has 0 aliphatic carbocycles. The van der Waals surface area contributed by atoms with Gasteiger partial charge in [-0.2, -0.15) is 0 Å². The Hall–Kier alpha value is -3.94. The number of carbonyl (C=O) groups excluding carboxylic acids is 2. The van der Waals surface area contributed by atoms with Crippen molar-refractivity contribution in [2.45, 2.75) is 6.04 Å². The van der Waals surface area contributed by atoms with E-state index in [4.69, 9.17) is 32.7 Å². The van der Waals surface area contributed by atoms with E-state index in [0.717, 1.165) is 10.9 Å². The van der Waals surface area contributed by atoms with Gasteiger partial charge in [0.1, 0.15) is 17.3 Å². The molecule has 4 aromatic rings. The fraction of sp³-hybridized carbons (Fsp3) is 0.143. The first-order valence-corrected chi connectivity index (χ1v) is 12.0. The van der Waals surface area contributed by atoms with Crippen molar-refractivity contribution in [3.8, 4) is 11.5 Å². The molecule has 1 amide bonds. The molecule has 1 saturated heterocycles. The fourth-order valence-electron chi connectivity index (χ4n) is 4.78. The second-order valence-electron chi connectivity index (χ2n) is 8.55. The van der Waals surface area contributed by atoms with E-state index in [9.17, 15) is 14.7 Å². The third-order valence-electron chi connectivity index (χ3n) is 6.50. The van der Waals surface area contributed by atoms with Gasteiger partial charge in [0.25, 0.3) is 11.7 Å². The first-order chi connectivity index (χ1) is 17.8. The lowest BCUT2D eigenvalue weighted by Crippen LogP contribution is -2.29. The standard InChI is InChI=1S/C28H22Cl2N2O5/c1-31-14-19(17-6-4-5-7-21(17)31)25-24(26(33)18-12-20(30)23(37-3)13-22(18)36-2)27(34)28(35)32(25)16-10-8-15(29)9-11-16/h4-14,25,33H,1-3H3/b26-24+. The number of ether oxygens (including phenoxy) is 2. The smallest absolute Gasteiger partial charge is 0.300 e. The summed E-state index contributed by atoms with van der Waals surface area (Å²) in [6.45, 7) is 0. The van der Waals surface area contributed by atoms with Crippen LogP contribution in [0.1, 0.15) is 17.2 Å². The highest BCUT2D eigenvalue weighted by Gasteiger charge is 2.48. The van der Waals surface area contributed by atoms with E-state index in [2.05, 4.69) is 0 Å². The molecule has 1 atom stereocenters. The Bertz CT molecular complexity index is 1590. The first-order valence-electron chi connectivity index (χ1n) is 11.3. The van der Waals surface area contributed by atoms with E-state index < -0.39 is 23.5 Å². The molecule has 1 aliphatic heterocycles. The van der Waals surface area contributed by atoms with Gasteiger partial charge in [-0.1, -0.05) is 41.4 Å². The van der Waals surface area contributed by atoms with Crippen LogP contribution in [0.15, 0.2) is 72.4 Å². The Morgan fingerprint density at radius 3 is 2.30 bits per heavy atom. The van der Waals surface area contributed by atoms with E-state index in [1.54, 1.807) is 24.3 Å². The molecule has 0 bridgehead atoms. The van der Waals surface area contributed by atoms with Crippen molar-refractivity contribution in [3.05, 3.63) is 93.6 Å². The highest BCUT2D eigenvalue weighted by atomic mass is 35.5. The minimum absolute atomic E-state index is 0.0872. The fourth-order valence-corrected chi connectivity index (χ4v) is 5.14. The number of hydrogen-bond acceptors (Lipinski definition) is 5. The van der Waals surface area contributed by atoms with Crippen LogP contribution in [0.4, 0.5) is 5.69 Å².